The molecule has 90 valence electrons. The van der Waals surface area contributed by atoms with E-state index in [2.05, 4.69) is 13.8 Å². The van der Waals surface area contributed by atoms with E-state index in [-0.39, 0.29) is 6.10 Å². The minimum atomic E-state index is 0.161. The van der Waals surface area contributed by atoms with Crippen molar-refractivity contribution in [3.63, 3.8) is 0 Å². The Balaban J connectivity index is 2.52. The van der Waals surface area contributed by atoms with Gasteiger partial charge in [0.05, 0.1) is 16.8 Å². The Hall–Kier alpha value is -0.890. The summed E-state index contributed by atoms with van der Waals surface area (Å²) in [5.74, 6) is 0.619. The molecule has 0 heterocycles. The molecular weight excluding hydrogens is 222 g/mol. The second kappa shape index (κ2) is 6.64. The van der Waals surface area contributed by atoms with Crippen LogP contribution in [-0.2, 0) is 0 Å². The third-order valence-electron chi connectivity index (χ3n) is 2.53. The maximum atomic E-state index is 6.03. The van der Waals surface area contributed by atoms with Crippen LogP contribution in [0.2, 0.25) is 5.02 Å². The Morgan fingerprint density at radius 2 is 2.12 bits per heavy atom. The van der Waals surface area contributed by atoms with Gasteiger partial charge in [-0.05, 0) is 31.9 Å². The molecule has 0 bridgehead atoms. The van der Waals surface area contributed by atoms with Crippen LogP contribution in [0.5, 0.6) is 5.75 Å². The average Bonchev–Trinajstić information content (AvgIpc) is 2.24. The summed E-state index contributed by atoms with van der Waals surface area (Å²) in [6.45, 7) is 4.25. The first kappa shape index (κ1) is 13.2. The lowest BCUT2D eigenvalue weighted by Gasteiger charge is -2.17. The maximum Gasteiger partial charge on any atom is 0.161 e. The van der Waals surface area contributed by atoms with Gasteiger partial charge in [0, 0.05) is 0 Å². The van der Waals surface area contributed by atoms with Gasteiger partial charge in [-0.15, -0.1) is 0 Å². The molecule has 2 N–H and O–H groups in total. The standard InChI is InChI=1S/C13H20ClNO/c1-3-4-5-7-10(2)16-13-11(14)8-6-9-12(13)15/h6,8-10H,3-5,7,15H2,1-2H3. The number of halogens is 1. The van der Waals surface area contributed by atoms with Crippen molar-refractivity contribution >= 4 is 17.3 Å². The lowest BCUT2D eigenvalue weighted by molar-refractivity contribution is 0.208. The number of hydrogen-bond donors (Lipinski definition) is 1. The van der Waals surface area contributed by atoms with Crippen molar-refractivity contribution in [2.24, 2.45) is 0 Å². The summed E-state index contributed by atoms with van der Waals surface area (Å²) < 4.78 is 5.77. The van der Waals surface area contributed by atoms with Crippen LogP contribution in [0.1, 0.15) is 39.5 Å². The van der Waals surface area contributed by atoms with Crippen LogP contribution in [0.4, 0.5) is 5.69 Å². The molecule has 0 spiro atoms. The number of benzene rings is 1. The lowest BCUT2D eigenvalue weighted by atomic mass is 10.1. The minimum Gasteiger partial charge on any atom is -0.487 e. The second-order valence-electron chi connectivity index (χ2n) is 4.08. The summed E-state index contributed by atoms with van der Waals surface area (Å²) in [4.78, 5) is 0. The Labute approximate surface area is 103 Å². The SMILES string of the molecule is CCCCCC(C)Oc1c(N)cccc1Cl. The smallest absolute Gasteiger partial charge is 0.161 e. The number of unbranched alkanes of at least 4 members (excludes halogenated alkanes) is 2. The van der Waals surface area contributed by atoms with Gasteiger partial charge < -0.3 is 10.5 Å². The van der Waals surface area contributed by atoms with Gasteiger partial charge in [0.2, 0.25) is 0 Å². The predicted molar refractivity (Wildman–Crippen MR) is 70.1 cm³/mol. The summed E-state index contributed by atoms with van der Waals surface area (Å²) >= 11 is 6.03. The maximum absolute atomic E-state index is 6.03. The molecule has 0 fully saturated rings. The van der Waals surface area contributed by atoms with Crippen LogP contribution in [-0.4, -0.2) is 6.10 Å². The molecule has 16 heavy (non-hydrogen) atoms. The molecule has 1 unspecified atom stereocenters. The number of rotatable bonds is 6. The zero-order chi connectivity index (χ0) is 12.0. The first-order valence-electron chi connectivity index (χ1n) is 5.85. The van der Waals surface area contributed by atoms with Crippen molar-refractivity contribution in [3.05, 3.63) is 23.2 Å². The topological polar surface area (TPSA) is 35.2 Å². The number of nitrogens with two attached hydrogens (primary N) is 1. The number of hydrogen-bond acceptors (Lipinski definition) is 2. The molecule has 0 saturated heterocycles. The van der Waals surface area contributed by atoms with Crippen molar-refractivity contribution in [1.82, 2.24) is 0 Å². The molecule has 1 aromatic rings. The fraction of sp³-hybridized carbons (Fsp3) is 0.538. The number of para-hydroxylation sites is 1. The van der Waals surface area contributed by atoms with E-state index >= 15 is 0 Å². The van der Waals surface area contributed by atoms with Crippen LogP contribution in [0, 0.1) is 0 Å². The monoisotopic (exact) mass is 241 g/mol. The van der Waals surface area contributed by atoms with Crippen LogP contribution >= 0.6 is 11.6 Å². The summed E-state index contributed by atoms with van der Waals surface area (Å²) in [5.41, 5.74) is 6.42. The van der Waals surface area contributed by atoms with Crippen molar-refractivity contribution < 1.29 is 4.74 Å². The normalized spacial score (nSPS) is 12.4. The predicted octanol–water partition coefficient (Wildman–Crippen LogP) is 4.27. The molecule has 1 aromatic carbocycles. The Bertz CT molecular complexity index is 307. The van der Waals surface area contributed by atoms with Crippen molar-refractivity contribution in [2.75, 3.05) is 5.73 Å². The molecule has 3 heteroatoms. The van der Waals surface area contributed by atoms with E-state index in [1.54, 1.807) is 12.1 Å². The molecule has 0 saturated carbocycles. The van der Waals surface area contributed by atoms with Crippen LogP contribution < -0.4 is 10.5 Å². The van der Waals surface area contributed by atoms with Gasteiger partial charge in [-0.3, -0.25) is 0 Å². The van der Waals surface area contributed by atoms with Gasteiger partial charge in [-0.25, -0.2) is 0 Å². The summed E-state index contributed by atoms with van der Waals surface area (Å²) in [6.07, 6.45) is 4.85. The first-order chi connectivity index (χ1) is 7.65. The largest absolute Gasteiger partial charge is 0.487 e. The zero-order valence-corrected chi connectivity index (χ0v) is 10.8. The van der Waals surface area contributed by atoms with E-state index in [4.69, 9.17) is 22.1 Å². The molecular formula is C13H20ClNO. The van der Waals surface area contributed by atoms with E-state index in [0.717, 1.165) is 6.42 Å². The number of ether oxygens (including phenoxy) is 1. The molecule has 0 amide bonds. The molecule has 1 atom stereocenters. The van der Waals surface area contributed by atoms with Crippen LogP contribution in [0.15, 0.2) is 18.2 Å². The van der Waals surface area contributed by atoms with E-state index in [9.17, 15) is 0 Å². The molecule has 0 aliphatic carbocycles. The van der Waals surface area contributed by atoms with E-state index in [1.807, 2.05) is 6.07 Å². The Morgan fingerprint density at radius 1 is 1.38 bits per heavy atom. The highest BCUT2D eigenvalue weighted by Gasteiger charge is 2.09. The lowest BCUT2D eigenvalue weighted by Crippen LogP contribution is -2.12. The first-order valence-corrected chi connectivity index (χ1v) is 6.23. The van der Waals surface area contributed by atoms with E-state index in [1.165, 1.54) is 19.3 Å². The second-order valence-corrected chi connectivity index (χ2v) is 4.49. The molecule has 0 aromatic heterocycles. The number of nitrogen functional groups attached to an aromatic ring is 1. The van der Waals surface area contributed by atoms with Crippen LogP contribution in [0.3, 0.4) is 0 Å². The van der Waals surface area contributed by atoms with Gasteiger partial charge in [-0.1, -0.05) is 37.4 Å². The highest BCUT2D eigenvalue weighted by atomic mass is 35.5. The van der Waals surface area contributed by atoms with Gasteiger partial charge in [0.15, 0.2) is 5.75 Å². The third kappa shape index (κ3) is 3.93. The van der Waals surface area contributed by atoms with Crippen molar-refractivity contribution in [2.45, 2.75) is 45.6 Å². The fourth-order valence-corrected chi connectivity index (χ4v) is 1.82. The molecule has 1 rings (SSSR count). The molecule has 2 nitrogen and oxygen atoms in total. The number of anilines is 1. The summed E-state index contributed by atoms with van der Waals surface area (Å²) in [5, 5.41) is 0.586. The summed E-state index contributed by atoms with van der Waals surface area (Å²) in [6, 6.07) is 5.43. The van der Waals surface area contributed by atoms with Gasteiger partial charge in [-0.2, -0.15) is 0 Å². The summed E-state index contributed by atoms with van der Waals surface area (Å²) in [7, 11) is 0. The van der Waals surface area contributed by atoms with Crippen LogP contribution in [0.25, 0.3) is 0 Å². The molecule has 0 aliphatic heterocycles. The van der Waals surface area contributed by atoms with E-state index < -0.39 is 0 Å². The highest BCUT2D eigenvalue weighted by molar-refractivity contribution is 6.32. The van der Waals surface area contributed by atoms with Gasteiger partial charge in [0.1, 0.15) is 0 Å². The minimum absolute atomic E-state index is 0.161. The molecule has 0 radical (unpaired) electrons. The highest BCUT2D eigenvalue weighted by Crippen LogP contribution is 2.31. The zero-order valence-electron chi connectivity index (χ0n) is 10.0. The molecule has 0 aliphatic rings. The third-order valence-corrected chi connectivity index (χ3v) is 2.83. The Kier molecular flexibility index (Phi) is 5.47. The average molecular weight is 242 g/mol. The fourth-order valence-electron chi connectivity index (χ4n) is 1.59. The Morgan fingerprint density at radius 3 is 2.75 bits per heavy atom. The quantitative estimate of drug-likeness (QED) is 0.596. The van der Waals surface area contributed by atoms with Crippen molar-refractivity contribution in [1.29, 1.82) is 0 Å². The van der Waals surface area contributed by atoms with Gasteiger partial charge in [0.25, 0.3) is 0 Å². The van der Waals surface area contributed by atoms with Gasteiger partial charge >= 0.3 is 0 Å². The van der Waals surface area contributed by atoms with E-state index in [0.29, 0.717) is 16.5 Å². The van der Waals surface area contributed by atoms with Crippen molar-refractivity contribution in [3.8, 4) is 5.75 Å².